The first kappa shape index (κ1) is 8.65. The van der Waals surface area contributed by atoms with Crippen LogP contribution in [0.15, 0.2) is 9.47 Å². The average molecular weight is 297 g/mol. The van der Waals surface area contributed by atoms with Gasteiger partial charge in [0.25, 0.3) is 0 Å². The Morgan fingerprint density at radius 2 is 2.33 bits per heavy atom. The summed E-state index contributed by atoms with van der Waals surface area (Å²) in [6.07, 6.45) is 1.01. The van der Waals surface area contributed by atoms with Gasteiger partial charge < -0.3 is 4.74 Å². The molecule has 1 aliphatic heterocycles. The fourth-order valence-corrected chi connectivity index (χ4v) is 2.34. The van der Waals surface area contributed by atoms with Gasteiger partial charge in [0.15, 0.2) is 4.73 Å². The van der Waals surface area contributed by atoms with E-state index in [1.807, 2.05) is 4.68 Å². The van der Waals surface area contributed by atoms with Crippen molar-refractivity contribution in [2.75, 3.05) is 13.2 Å². The topological polar surface area (TPSA) is 39.9 Å². The number of hydrogen-bond donors (Lipinski definition) is 0. The molecule has 4 nitrogen and oxygen atoms in total. The average Bonchev–Trinajstić information content (AvgIpc) is 2.58. The first-order chi connectivity index (χ1) is 5.77. The van der Waals surface area contributed by atoms with Crippen molar-refractivity contribution >= 4 is 31.9 Å². The lowest BCUT2D eigenvalue weighted by molar-refractivity contribution is 0.184. The molecule has 0 spiro atoms. The van der Waals surface area contributed by atoms with Crippen LogP contribution in [0.1, 0.15) is 12.5 Å². The molecule has 0 saturated carbocycles. The summed E-state index contributed by atoms with van der Waals surface area (Å²) in [5, 5.41) is 4.19. The third-order valence-corrected chi connectivity index (χ3v) is 2.69. The van der Waals surface area contributed by atoms with Crippen molar-refractivity contribution in [1.82, 2.24) is 14.8 Å². The van der Waals surface area contributed by atoms with Crippen molar-refractivity contribution < 1.29 is 4.74 Å². The van der Waals surface area contributed by atoms with E-state index in [-0.39, 0.29) is 0 Å². The molecule has 1 aromatic rings. The Bertz CT molecular complexity index is 282. The van der Waals surface area contributed by atoms with Gasteiger partial charge >= 0.3 is 0 Å². The minimum Gasteiger partial charge on any atom is -0.379 e. The van der Waals surface area contributed by atoms with Crippen molar-refractivity contribution in [3.05, 3.63) is 9.47 Å². The predicted octanol–water partition coefficient (Wildman–Crippen LogP) is 1.76. The van der Waals surface area contributed by atoms with E-state index in [2.05, 4.69) is 41.9 Å². The van der Waals surface area contributed by atoms with Crippen LogP contribution in [0.2, 0.25) is 0 Å². The fraction of sp³-hybridized carbons (Fsp3) is 0.667. The van der Waals surface area contributed by atoms with Gasteiger partial charge in [-0.15, -0.1) is 5.10 Å². The summed E-state index contributed by atoms with van der Waals surface area (Å²) >= 11 is 6.55. The molecule has 12 heavy (non-hydrogen) atoms. The van der Waals surface area contributed by atoms with Gasteiger partial charge in [-0.1, -0.05) is 0 Å². The molecule has 1 unspecified atom stereocenters. The molecule has 1 aromatic heterocycles. The zero-order valence-corrected chi connectivity index (χ0v) is 9.38. The Morgan fingerprint density at radius 1 is 1.50 bits per heavy atom. The van der Waals surface area contributed by atoms with Crippen molar-refractivity contribution in [3.63, 3.8) is 0 Å². The van der Waals surface area contributed by atoms with E-state index in [1.165, 1.54) is 0 Å². The van der Waals surface area contributed by atoms with Gasteiger partial charge in [0, 0.05) is 6.61 Å². The zero-order chi connectivity index (χ0) is 8.55. The van der Waals surface area contributed by atoms with E-state index >= 15 is 0 Å². The summed E-state index contributed by atoms with van der Waals surface area (Å²) in [6.45, 7) is 1.54. The number of aromatic nitrogens is 3. The van der Waals surface area contributed by atoms with Gasteiger partial charge in [0.1, 0.15) is 0 Å². The summed E-state index contributed by atoms with van der Waals surface area (Å²) in [5.74, 6) is 0. The maximum Gasteiger partial charge on any atom is 0.218 e. The van der Waals surface area contributed by atoms with Crippen LogP contribution in [0.5, 0.6) is 0 Å². The monoisotopic (exact) mass is 295 g/mol. The van der Waals surface area contributed by atoms with E-state index in [4.69, 9.17) is 4.74 Å². The van der Waals surface area contributed by atoms with E-state index in [0.29, 0.717) is 10.8 Å². The minimum atomic E-state index is 0.332. The lowest BCUT2D eigenvalue weighted by Crippen LogP contribution is -2.10. The maximum absolute atomic E-state index is 5.25. The quantitative estimate of drug-likeness (QED) is 0.793. The fourth-order valence-electron chi connectivity index (χ4n) is 1.23. The number of halogens is 2. The first-order valence-electron chi connectivity index (χ1n) is 3.62. The van der Waals surface area contributed by atoms with Gasteiger partial charge in [0.2, 0.25) is 4.73 Å². The Labute approximate surface area is 86.6 Å². The molecule has 2 heterocycles. The van der Waals surface area contributed by atoms with Crippen LogP contribution in [0.4, 0.5) is 0 Å². The molecule has 0 amide bonds. The highest BCUT2D eigenvalue weighted by molar-refractivity contribution is 9.11. The molecule has 1 atom stereocenters. The maximum atomic E-state index is 5.25. The third-order valence-electron chi connectivity index (χ3n) is 1.82. The van der Waals surface area contributed by atoms with Crippen molar-refractivity contribution in [1.29, 1.82) is 0 Å². The predicted molar refractivity (Wildman–Crippen MR) is 49.9 cm³/mol. The van der Waals surface area contributed by atoms with E-state index in [1.54, 1.807) is 0 Å². The SMILES string of the molecule is Brc1nc(Br)n(C2CCOC2)n1. The molecule has 0 radical (unpaired) electrons. The third kappa shape index (κ3) is 1.55. The van der Waals surface area contributed by atoms with Crippen molar-refractivity contribution in [3.8, 4) is 0 Å². The van der Waals surface area contributed by atoms with Crippen LogP contribution in [0.25, 0.3) is 0 Å². The standard InChI is InChI=1S/C6H7Br2N3O/c7-5-9-6(8)11(10-5)4-1-2-12-3-4/h4H,1-3H2. The molecule has 66 valence electrons. The second kappa shape index (κ2) is 3.43. The highest BCUT2D eigenvalue weighted by Gasteiger charge is 2.21. The van der Waals surface area contributed by atoms with Crippen molar-refractivity contribution in [2.45, 2.75) is 12.5 Å². The molecular weight excluding hydrogens is 290 g/mol. The van der Waals surface area contributed by atoms with Crippen LogP contribution in [0.3, 0.4) is 0 Å². The number of ether oxygens (including phenoxy) is 1. The highest BCUT2D eigenvalue weighted by Crippen LogP contribution is 2.23. The summed E-state index contributed by atoms with van der Waals surface area (Å²) < 4.78 is 8.46. The summed E-state index contributed by atoms with van der Waals surface area (Å²) in [7, 11) is 0. The van der Waals surface area contributed by atoms with Crippen LogP contribution in [0, 0.1) is 0 Å². The lowest BCUT2D eigenvalue weighted by atomic mass is 10.3. The number of nitrogens with zero attached hydrogens (tertiary/aromatic N) is 3. The Hall–Kier alpha value is 0.0600. The molecule has 1 aliphatic rings. The molecule has 1 fully saturated rings. The molecule has 0 N–H and O–H groups in total. The molecule has 0 aromatic carbocycles. The highest BCUT2D eigenvalue weighted by atomic mass is 79.9. The molecule has 2 rings (SSSR count). The molecular formula is C6H7Br2N3O. The van der Waals surface area contributed by atoms with Gasteiger partial charge in [-0.25, -0.2) is 4.68 Å². The minimum absolute atomic E-state index is 0.332. The van der Waals surface area contributed by atoms with Gasteiger partial charge in [-0.05, 0) is 38.3 Å². The number of hydrogen-bond acceptors (Lipinski definition) is 3. The van der Waals surface area contributed by atoms with E-state index < -0.39 is 0 Å². The molecule has 6 heteroatoms. The van der Waals surface area contributed by atoms with Crippen LogP contribution < -0.4 is 0 Å². The van der Waals surface area contributed by atoms with E-state index in [9.17, 15) is 0 Å². The molecule has 0 aliphatic carbocycles. The summed E-state index contributed by atoms with van der Waals surface area (Å²) in [6, 6.07) is 0.332. The van der Waals surface area contributed by atoms with Crippen LogP contribution in [-0.2, 0) is 4.74 Å². The van der Waals surface area contributed by atoms with Crippen molar-refractivity contribution in [2.24, 2.45) is 0 Å². The van der Waals surface area contributed by atoms with Gasteiger partial charge in [0.05, 0.1) is 12.6 Å². The smallest absolute Gasteiger partial charge is 0.218 e. The Balaban J connectivity index is 2.25. The molecule has 1 saturated heterocycles. The normalized spacial score (nSPS) is 23.3. The molecule has 0 bridgehead atoms. The summed E-state index contributed by atoms with van der Waals surface area (Å²) in [5.41, 5.74) is 0. The van der Waals surface area contributed by atoms with Crippen LogP contribution in [-0.4, -0.2) is 28.0 Å². The second-order valence-electron chi connectivity index (χ2n) is 2.61. The summed E-state index contributed by atoms with van der Waals surface area (Å²) in [4.78, 5) is 4.09. The van der Waals surface area contributed by atoms with Gasteiger partial charge in [-0.3, -0.25) is 0 Å². The second-order valence-corrected chi connectivity index (χ2v) is 4.03. The zero-order valence-electron chi connectivity index (χ0n) is 6.20. The largest absolute Gasteiger partial charge is 0.379 e. The Kier molecular flexibility index (Phi) is 2.47. The van der Waals surface area contributed by atoms with E-state index in [0.717, 1.165) is 24.4 Å². The first-order valence-corrected chi connectivity index (χ1v) is 5.21. The van der Waals surface area contributed by atoms with Gasteiger partial charge in [-0.2, -0.15) is 4.98 Å². The lowest BCUT2D eigenvalue weighted by Gasteiger charge is -2.07. The number of rotatable bonds is 1. The van der Waals surface area contributed by atoms with Crippen LogP contribution >= 0.6 is 31.9 Å². The Morgan fingerprint density at radius 3 is 2.83 bits per heavy atom.